The number of thioether (sulfide) groups is 1. The lowest BCUT2D eigenvalue weighted by molar-refractivity contribution is 0.673. The Morgan fingerprint density at radius 3 is 3.00 bits per heavy atom. The van der Waals surface area contributed by atoms with Crippen LogP contribution in [0.2, 0.25) is 0 Å². The summed E-state index contributed by atoms with van der Waals surface area (Å²) in [7, 11) is 0. The normalized spacial score (nSPS) is 14.7. The predicted octanol–water partition coefficient (Wildman–Crippen LogP) is 1.28. The zero-order valence-corrected chi connectivity index (χ0v) is 11.0. The molecule has 7 heteroatoms. The number of aryl methyl sites for hydroxylation is 2. The topological polar surface area (TPSA) is 83.1 Å². The standard InChI is InChI=1S/C11H16N6S/c1-2-4-9-8(3-1)10(13-12-9)7-18-6-5-11-14-16-17-15-11/h1-7H2,(H,12,13)(H,14,15,16,17). The van der Waals surface area contributed by atoms with Gasteiger partial charge in [0.1, 0.15) is 0 Å². The molecule has 1 aliphatic rings. The first-order chi connectivity index (χ1) is 8.93. The minimum Gasteiger partial charge on any atom is -0.282 e. The first kappa shape index (κ1) is 11.7. The van der Waals surface area contributed by atoms with E-state index in [1.165, 1.54) is 36.2 Å². The van der Waals surface area contributed by atoms with Gasteiger partial charge in [-0.15, -0.1) is 10.2 Å². The lowest BCUT2D eigenvalue weighted by Crippen LogP contribution is -2.02. The Morgan fingerprint density at radius 1 is 1.17 bits per heavy atom. The third-order valence-electron chi connectivity index (χ3n) is 3.24. The highest BCUT2D eigenvalue weighted by Crippen LogP contribution is 2.24. The molecule has 18 heavy (non-hydrogen) atoms. The van der Waals surface area contributed by atoms with E-state index in [4.69, 9.17) is 0 Å². The minimum atomic E-state index is 0.784. The molecule has 0 saturated heterocycles. The second-order valence-corrected chi connectivity index (χ2v) is 5.57. The highest BCUT2D eigenvalue weighted by atomic mass is 32.2. The summed E-state index contributed by atoms with van der Waals surface area (Å²) in [6, 6.07) is 0. The zero-order valence-electron chi connectivity index (χ0n) is 10.1. The second-order valence-electron chi connectivity index (χ2n) is 4.47. The molecule has 96 valence electrons. The predicted molar refractivity (Wildman–Crippen MR) is 69.3 cm³/mol. The lowest BCUT2D eigenvalue weighted by Gasteiger charge is -2.10. The molecule has 2 aromatic heterocycles. The fourth-order valence-electron chi connectivity index (χ4n) is 2.29. The molecular weight excluding hydrogens is 248 g/mol. The smallest absolute Gasteiger partial charge is 0.175 e. The molecule has 1 aliphatic carbocycles. The van der Waals surface area contributed by atoms with Gasteiger partial charge < -0.3 is 0 Å². The van der Waals surface area contributed by atoms with E-state index in [2.05, 4.69) is 30.8 Å². The van der Waals surface area contributed by atoms with Crippen molar-refractivity contribution in [2.75, 3.05) is 5.75 Å². The minimum absolute atomic E-state index is 0.784. The van der Waals surface area contributed by atoms with Crippen LogP contribution in [-0.2, 0) is 25.0 Å². The molecule has 0 aliphatic heterocycles. The quantitative estimate of drug-likeness (QED) is 0.795. The van der Waals surface area contributed by atoms with Crippen molar-refractivity contribution in [2.24, 2.45) is 0 Å². The number of aromatic nitrogens is 6. The van der Waals surface area contributed by atoms with E-state index in [0.717, 1.165) is 30.2 Å². The molecule has 0 amide bonds. The number of nitrogens with zero attached hydrogens (tertiary/aromatic N) is 4. The molecule has 0 aromatic carbocycles. The van der Waals surface area contributed by atoms with Crippen LogP contribution in [0.5, 0.6) is 0 Å². The van der Waals surface area contributed by atoms with Gasteiger partial charge in [0.05, 0.1) is 5.69 Å². The van der Waals surface area contributed by atoms with Crippen LogP contribution < -0.4 is 0 Å². The van der Waals surface area contributed by atoms with E-state index in [1.54, 1.807) is 0 Å². The highest BCUT2D eigenvalue weighted by molar-refractivity contribution is 7.98. The third-order valence-corrected chi connectivity index (χ3v) is 4.21. The number of aromatic amines is 2. The average molecular weight is 264 g/mol. The SMILES string of the molecule is C1CCc2c(CSCCc3nn[nH]n3)n[nH]c2C1. The molecule has 0 atom stereocenters. The average Bonchev–Trinajstić information content (AvgIpc) is 3.04. The largest absolute Gasteiger partial charge is 0.282 e. The maximum absolute atomic E-state index is 4.44. The Bertz CT molecular complexity index is 492. The van der Waals surface area contributed by atoms with Gasteiger partial charge in [-0.1, -0.05) is 5.21 Å². The summed E-state index contributed by atoms with van der Waals surface area (Å²) in [6.07, 6.45) is 5.79. The summed E-state index contributed by atoms with van der Waals surface area (Å²) in [6.45, 7) is 0. The van der Waals surface area contributed by atoms with Crippen LogP contribution in [0.25, 0.3) is 0 Å². The molecule has 2 heterocycles. The summed E-state index contributed by atoms with van der Waals surface area (Å²) >= 11 is 1.88. The number of H-pyrrole nitrogens is 2. The molecule has 2 aromatic rings. The maximum atomic E-state index is 4.44. The number of tetrazole rings is 1. The summed E-state index contributed by atoms with van der Waals surface area (Å²) in [5, 5.41) is 21.5. The first-order valence-electron chi connectivity index (χ1n) is 6.28. The zero-order chi connectivity index (χ0) is 12.2. The van der Waals surface area contributed by atoms with E-state index < -0.39 is 0 Å². The van der Waals surface area contributed by atoms with Crippen LogP contribution in [0.15, 0.2) is 0 Å². The Hall–Kier alpha value is -1.37. The van der Waals surface area contributed by atoms with E-state index in [-0.39, 0.29) is 0 Å². The van der Waals surface area contributed by atoms with Crippen LogP contribution in [0.4, 0.5) is 0 Å². The lowest BCUT2D eigenvalue weighted by atomic mass is 9.96. The van der Waals surface area contributed by atoms with Crippen molar-refractivity contribution >= 4 is 11.8 Å². The van der Waals surface area contributed by atoms with Crippen LogP contribution >= 0.6 is 11.8 Å². The van der Waals surface area contributed by atoms with Crippen molar-refractivity contribution in [1.82, 2.24) is 30.8 Å². The molecule has 0 spiro atoms. The van der Waals surface area contributed by atoms with Gasteiger partial charge in [-0.3, -0.25) is 5.10 Å². The number of hydrogen-bond acceptors (Lipinski definition) is 5. The van der Waals surface area contributed by atoms with Crippen molar-refractivity contribution in [3.05, 3.63) is 22.8 Å². The second kappa shape index (κ2) is 5.51. The van der Waals surface area contributed by atoms with Crippen molar-refractivity contribution in [3.63, 3.8) is 0 Å². The Labute approximate surface area is 109 Å². The molecule has 0 saturated carbocycles. The van der Waals surface area contributed by atoms with Crippen molar-refractivity contribution in [3.8, 4) is 0 Å². The fraction of sp³-hybridized carbons (Fsp3) is 0.636. The van der Waals surface area contributed by atoms with Gasteiger partial charge in [0, 0.05) is 23.6 Å². The Kier molecular flexibility index (Phi) is 3.59. The molecule has 0 unspecified atom stereocenters. The Morgan fingerprint density at radius 2 is 2.11 bits per heavy atom. The summed E-state index contributed by atoms with van der Waals surface area (Å²) in [5.74, 6) is 2.76. The first-order valence-corrected chi connectivity index (χ1v) is 7.44. The molecule has 0 bridgehead atoms. The van der Waals surface area contributed by atoms with E-state index in [9.17, 15) is 0 Å². The summed E-state index contributed by atoms with van der Waals surface area (Å²) in [4.78, 5) is 0. The summed E-state index contributed by atoms with van der Waals surface area (Å²) in [5.41, 5.74) is 4.06. The molecule has 0 radical (unpaired) electrons. The third kappa shape index (κ3) is 2.55. The van der Waals surface area contributed by atoms with Crippen LogP contribution in [0, 0.1) is 0 Å². The maximum Gasteiger partial charge on any atom is 0.175 e. The monoisotopic (exact) mass is 264 g/mol. The van der Waals surface area contributed by atoms with Crippen LogP contribution in [0.1, 0.15) is 35.6 Å². The molecule has 6 nitrogen and oxygen atoms in total. The number of fused-ring (bicyclic) bond motifs is 1. The number of hydrogen-bond donors (Lipinski definition) is 2. The van der Waals surface area contributed by atoms with Gasteiger partial charge in [0.25, 0.3) is 0 Å². The number of rotatable bonds is 5. The van der Waals surface area contributed by atoms with Gasteiger partial charge in [-0.25, -0.2) is 0 Å². The van der Waals surface area contributed by atoms with Gasteiger partial charge in [0.15, 0.2) is 5.82 Å². The van der Waals surface area contributed by atoms with E-state index >= 15 is 0 Å². The van der Waals surface area contributed by atoms with Gasteiger partial charge in [0.2, 0.25) is 0 Å². The molecule has 0 fully saturated rings. The van der Waals surface area contributed by atoms with Crippen molar-refractivity contribution in [2.45, 2.75) is 37.9 Å². The highest BCUT2D eigenvalue weighted by Gasteiger charge is 2.16. The number of nitrogens with one attached hydrogen (secondary N) is 2. The fourth-order valence-corrected chi connectivity index (χ4v) is 3.19. The molecular formula is C11H16N6S. The van der Waals surface area contributed by atoms with Crippen LogP contribution in [0.3, 0.4) is 0 Å². The van der Waals surface area contributed by atoms with Crippen molar-refractivity contribution < 1.29 is 0 Å². The van der Waals surface area contributed by atoms with Gasteiger partial charge in [-0.05, 0) is 31.2 Å². The van der Waals surface area contributed by atoms with Gasteiger partial charge in [-0.2, -0.15) is 22.1 Å². The van der Waals surface area contributed by atoms with E-state index in [0.29, 0.717) is 0 Å². The van der Waals surface area contributed by atoms with E-state index in [1.807, 2.05) is 11.8 Å². The molecule has 3 rings (SSSR count). The van der Waals surface area contributed by atoms with Crippen molar-refractivity contribution in [1.29, 1.82) is 0 Å². The van der Waals surface area contributed by atoms with Crippen LogP contribution in [-0.4, -0.2) is 36.6 Å². The Balaban J connectivity index is 1.49. The van der Waals surface area contributed by atoms with Gasteiger partial charge >= 0.3 is 0 Å². The molecule has 2 N–H and O–H groups in total. The summed E-state index contributed by atoms with van der Waals surface area (Å²) < 4.78 is 0.